The summed E-state index contributed by atoms with van der Waals surface area (Å²) in [6, 6.07) is 2.06. The van der Waals surface area contributed by atoms with Gasteiger partial charge in [-0.2, -0.15) is 16.9 Å². The lowest BCUT2D eigenvalue weighted by molar-refractivity contribution is 0.0850. The van der Waals surface area contributed by atoms with Gasteiger partial charge < -0.3 is 15.4 Å². The second-order valence-corrected chi connectivity index (χ2v) is 6.94. The molecule has 22 heavy (non-hydrogen) atoms. The molecule has 0 aromatic carbocycles. The fourth-order valence-electron chi connectivity index (χ4n) is 3.10. The van der Waals surface area contributed by atoms with Crippen molar-refractivity contribution in [1.82, 2.24) is 14.7 Å². The van der Waals surface area contributed by atoms with Gasteiger partial charge in [0.15, 0.2) is 5.96 Å². The molecule has 0 aliphatic carbocycles. The Morgan fingerprint density at radius 2 is 2.32 bits per heavy atom. The third kappa shape index (κ3) is 3.41. The lowest BCUT2D eigenvalue weighted by atomic mass is 9.99. The molecular formula is C15H25N5OS. The molecule has 2 N–H and O–H groups in total. The minimum absolute atomic E-state index is 0.0934. The molecule has 1 aromatic heterocycles. The summed E-state index contributed by atoms with van der Waals surface area (Å²) < 4.78 is 7.95. The van der Waals surface area contributed by atoms with Crippen molar-refractivity contribution in [2.45, 2.75) is 26.0 Å². The molecule has 2 aliphatic heterocycles. The van der Waals surface area contributed by atoms with Gasteiger partial charge in [-0.25, -0.2) is 0 Å². The van der Waals surface area contributed by atoms with Gasteiger partial charge in [0.25, 0.3) is 0 Å². The number of rotatable bonds is 4. The van der Waals surface area contributed by atoms with Crippen LogP contribution in [0.15, 0.2) is 17.3 Å². The van der Waals surface area contributed by atoms with E-state index in [-0.39, 0.29) is 6.10 Å². The van der Waals surface area contributed by atoms with E-state index in [1.807, 2.05) is 22.6 Å². The van der Waals surface area contributed by atoms with Gasteiger partial charge in [0.2, 0.25) is 0 Å². The van der Waals surface area contributed by atoms with Crippen molar-refractivity contribution in [2.24, 2.45) is 16.6 Å². The minimum atomic E-state index is 0.0934. The van der Waals surface area contributed by atoms with Gasteiger partial charge >= 0.3 is 0 Å². The summed E-state index contributed by atoms with van der Waals surface area (Å²) in [5.41, 5.74) is 7.32. The van der Waals surface area contributed by atoms with Crippen LogP contribution in [0.1, 0.15) is 25.1 Å². The lowest BCUT2D eigenvalue weighted by Gasteiger charge is -2.27. The zero-order valence-electron chi connectivity index (χ0n) is 13.1. The van der Waals surface area contributed by atoms with Crippen molar-refractivity contribution in [1.29, 1.82) is 0 Å². The molecule has 0 saturated carbocycles. The molecule has 1 aromatic rings. The summed E-state index contributed by atoms with van der Waals surface area (Å²) in [7, 11) is 0. The zero-order valence-corrected chi connectivity index (χ0v) is 14.0. The number of nitrogens with two attached hydrogens (primary N) is 1. The molecule has 122 valence electrons. The molecule has 0 bridgehead atoms. The fourth-order valence-corrected chi connectivity index (χ4v) is 4.00. The summed E-state index contributed by atoms with van der Waals surface area (Å²) in [6.07, 6.45) is 2.98. The number of thioether (sulfide) groups is 1. The largest absolute Gasteiger partial charge is 0.372 e. The number of aromatic nitrogens is 2. The molecule has 3 heterocycles. The van der Waals surface area contributed by atoms with E-state index in [4.69, 9.17) is 10.5 Å². The van der Waals surface area contributed by atoms with E-state index >= 15 is 0 Å². The van der Waals surface area contributed by atoms with Crippen LogP contribution in [0, 0.1) is 5.92 Å². The average molecular weight is 323 g/mol. The number of aliphatic imine (C=N–C) groups is 1. The SMILES string of the molecule is CCn1nccc1[C@@H]1OCC[C@H]1CN=C(N)N1CCSCC1. The van der Waals surface area contributed by atoms with Gasteiger partial charge in [-0.05, 0) is 19.4 Å². The van der Waals surface area contributed by atoms with Crippen LogP contribution >= 0.6 is 11.8 Å². The second kappa shape index (κ2) is 7.37. The van der Waals surface area contributed by atoms with E-state index in [2.05, 4.69) is 28.0 Å². The quantitative estimate of drug-likeness (QED) is 0.669. The van der Waals surface area contributed by atoms with Gasteiger partial charge in [-0.15, -0.1) is 0 Å². The summed E-state index contributed by atoms with van der Waals surface area (Å²) in [5.74, 6) is 3.36. The van der Waals surface area contributed by atoms with Gasteiger partial charge in [0.05, 0.1) is 5.69 Å². The number of ether oxygens (including phenoxy) is 1. The van der Waals surface area contributed by atoms with Crippen molar-refractivity contribution >= 4 is 17.7 Å². The highest BCUT2D eigenvalue weighted by molar-refractivity contribution is 7.99. The maximum atomic E-state index is 6.16. The van der Waals surface area contributed by atoms with Crippen molar-refractivity contribution in [3.8, 4) is 0 Å². The Hall–Kier alpha value is -1.21. The van der Waals surface area contributed by atoms with Gasteiger partial charge in [-0.1, -0.05) is 0 Å². The number of hydrogen-bond donors (Lipinski definition) is 1. The monoisotopic (exact) mass is 323 g/mol. The standard InChI is InChI=1S/C15H25N5OS/c1-2-20-13(3-5-18-20)14-12(4-8-21-14)11-17-15(16)19-6-9-22-10-7-19/h3,5,12,14H,2,4,6-11H2,1H3,(H2,16,17)/t12-,14+/m0/s1. The van der Waals surface area contributed by atoms with Crippen molar-refractivity contribution in [3.05, 3.63) is 18.0 Å². The molecule has 3 rings (SSSR count). The molecule has 6 nitrogen and oxygen atoms in total. The van der Waals surface area contributed by atoms with Crippen molar-refractivity contribution < 1.29 is 4.74 Å². The Morgan fingerprint density at radius 3 is 3.09 bits per heavy atom. The fraction of sp³-hybridized carbons (Fsp3) is 0.733. The summed E-state index contributed by atoms with van der Waals surface area (Å²) in [6.45, 7) is 6.51. The molecule has 7 heteroatoms. The highest BCUT2D eigenvalue weighted by Gasteiger charge is 2.31. The molecule has 2 saturated heterocycles. The summed E-state index contributed by atoms with van der Waals surface area (Å²) in [4.78, 5) is 6.84. The highest BCUT2D eigenvalue weighted by Crippen LogP contribution is 2.34. The third-order valence-electron chi connectivity index (χ3n) is 4.38. The molecule has 2 atom stereocenters. The Labute approximate surface area is 136 Å². The lowest BCUT2D eigenvalue weighted by Crippen LogP contribution is -2.43. The van der Waals surface area contributed by atoms with E-state index in [9.17, 15) is 0 Å². The third-order valence-corrected chi connectivity index (χ3v) is 5.32. The van der Waals surface area contributed by atoms with E-state index in [0.717, 1.165) is 56.4 Å². The molecule has 0 unspecified atom stereocenters. The van der Waals surface area contributed by atoms with Crippen LogP contribution in [0.5, 0.6) is 0 Å². The van der Waals surface area contributed by atoms with E-state index in [1.54, 1.807) is 0 Å². The molecular weight excluding hydrogens is 298 g/mol. The van der Waals surface area contributed by atoms with Gasteiger partial charge in [-0.3, -0.25) is 9.67 Å². The van der Waals surface area contributed by atoms with Gasteiger partial charge in [0, 0.05) is 56.4 Å². The predicted octanol–water partition coefficient (Wildman–Crippen LogP) is 1.34. The van der Waals surface area contributed by atoms with E-state index < -0.39 is 0 Å². The smallest absolute Gasteiger partial charge is 0.191 e. The Morgan fingerprint density at radius 1 is 1.50 bits per heavy atom. The summed E-state index contributed by atoms with van der Waals surface area (Å²) >= 11 is 1.98. The molecule has 0 radical (unpaired) electrons. The Kier molecular flexibility index (Phi) is 5.25. The van der Waals surface area contributed by atoms with Gasteiger partial charge in [0.1, 0.15) is 6.10 Å². The number of nitrogens with zero attached hydrogens (tertiary/aromatic N) is 4. The minimum Gasteiger partial charge on any atom is -0.372 e. The van der Waals surface area contributed by atoms with E-state index in [0.29, 0.717) is 11.9 Å². The van der Waals surface area contributed by atoms with Crippen LogP contribution in [0.3, 0.4) is 0 Å². The number of guanidine groups is 1. The van der Waals surface area contributed by atoms with Crippen molar-refractivity contribution in [3.63, 3.8) is 0 Å². The van der Waals surface area contributed by atoms with Crippen LogP contribution in [-0.2, 0) is 11.3 Å². The highest BCUT2D eigenvalue weighted by atomic mass is 32.2. The van der Waals surface area contributed by atoms with Crippen LogP contribution in [0.2, 0.25) is 0 Å². The Balaban J connectivity index is 1.63. The average Bonchev–Trinajstić information content (AvgIpc) is 3.21. The Bertz CT molecular complexity index is 512. The molecule has 0 spiro atoms. The first-order chi connectivity index (χ1) is 10.8. The van der Waals surface area contributed by atoms with Crippen LogP contribution in [0.4, 0.5) is 0 Å². The normalized spacial score (nSPS) is 26.6. The zero-order chi connectivity index (χ0) is 15.4. The number of hydrogen-bond acceptors (Lipinski definition) is 4. The number of aryl methyl sites for hydroxylation is 1. The second-order valence-electron chi connectivity index (χ2n) is 5.71. The van der Waals surface area contributed by atoms with E-state index in [1.165, 1.54) is 0 Å². The predicted molar refractivity (Wildman–Crippen MR) is 90.1 cm³/mol. The van der Waals surface area contributed by atoms with Crippen LogP contribution < -0.4 is 5.73 Å². The topological polar surface area (TPSA) is 68.7 Å². The van der Waals surface area contributed by atoms with Crippen LogP contribution in [0.25, 0.3) is 0 Å². The summed E-state index contributed by atoms with van der Waals surface area (Å²) in [5, 5.41) is 4.35. The first-order valence-corrected chi connectivity index (χ1v) is 9.21. The molecule has 0 amide bonds. The maximum Gasteiger partial charge on any atom is 0.191 e. The van der Waals surface area contributed by atoms with Crippen LogP contribution in [-0.4, -0.2) is 58.4 Å². The molecule has 2 aliphatic rings. The van der Waals surface area contributed by atoms with Crippen molar-refractivity contribution in [2.75, 3.05) is 37.7 Å². The first kappa shape index (κ1) is 15.7. The maximum absolute atomic E-state index is 6.16. The molecule has 2 fully saturated rings. The first-order valence-electron chi connectivity index (χ1n) is 8.05.